The van der Waals surface area contributed by atoms with Gasteiger partial charge in [-0.1, -0.05) is 39.0 Å². The molecule has 4 rings (SSSR count). The molecule has 0 fully saturated rings. The number of likely N-dealkylation sites (N-methyl/N-ethyl adjacent to an activating group) is 1. The molecule has 0 saturated heterocycles. The molecule has 2 amide bonds. The lowest BCUT2D eigenvalue weighted by Gasteiger charge is -2.17. The van der Waals surface area contributed by atoms with Crippen molar-refractivity contribution in [2.45, 2.75) is 33.1 Å². The summed E-state index contributed by atoms with van der Waals surface area (Å²) < 4.78 is 12.4. The number of nitrogens with zero attached hydrogens (tertiary/aromatic N) is 3. The lowest BCUT2D eigenvalue weighted by molar-refractivity contribution is -0.116. The van der Waals surface area contributed by atoms with E-state index < -0.39 is 0 Å². The van der Waals surface area contributed by atoms with Gasteiger partial charge in [0.1, 0.15) is 5.82 Å². The number of hydrogen-bond donors (Lipinski definition) is 1. The van der Waals surface area contributed by atoms with E-state index in [1.165, 1.54) is 4.90 Å². The number of anilines is 1. The number of carbonyl (C=O) groups excluding carboxylic acids is 2. The van der Waals surface area contributed by atoms with Crippen LogP contribution in [-0.2, 0) is 10.2 Å². The number of ether oxygens (including phenoxy) is 2. The van der Waals surface area contributed by atoms with E-state index in [1.807, 2.05) is 37.3 Å². The third kappa shape index (κ3) is 4.69. The molecule has 0 saturated carbocycles. The zero-order chi connectivity index (χ0) is 23.8. The number of aromatic nitrogens is 2. The maximum absolute atomic E-state index is 12.9. The summed E-state index contributed by atoms with van der Waals surface area (Å²) in [7, 11) is 1.59. The molecule has 1 aromatic heterocycles. The summed E-state index contributed by atoms with van der Waals surface area (Å²) in [6, 6.07) is 14.7. The van der Waals surface area contributed by atoms with Crippen molar-refractivity contribution < 1.29 is 19.1 Å². The van der Waals surface area contributed by atoms with Gasteiger partial charge in [0.25, 0.3) is 5.91 Å². The highest BCUT2D eigenvalue weighted by atomic mass is 16.7. The Balaban J connectivity index is 1.52. The molecule has 8 heteroatoms. The maximum atomic E-state index is 12.9. The van der Waals surface area contributed by atoms with Gasteiger partial charge >= 0.3 is 0 Å². The first-order chi connectivity index (χ1) is 15.6. The number of fused-ring (bicyclic) bond motifs is 1. The number of rotatable bonds is 5. The van der Waals surface area contributed by atoms with Gasteiger partial charge in [-0.05, 0) is 36.8 Å². The molecule has 2 aromatic carbocycles. The van der Waals surface area contributed by atoms with E-state index in [2.05, 4.69) is 26.1 Å². The van der Waals surface area contributed by atoms with Gasteiger partial charge in [-0.25, -0.2) is 4.68 Å². The summed E-state index contributed by atoms with van der Waals surface area (Å²) in [4.78, 5) is 27.1. The van der Waals surface area contributed by atoms with Crippen LogP contribution in [0.4, 0.5) is 5.82 Å². The molecule has 1 N–H and O–H groups in total. The van der Waals surface area contributed by atoms with Crippen LogP contribution in [0.25, 0.3) is 5.69 Å². The van der Waals surface area contributed by atoms with Crippen molar-refractivity contribution in [1.29, 1.82) is 0 Å². The number of amides is 2. The second-order valence-electron chi connectivity index (χ2n) is 9.14. The molecular formula is C25H28N4O4. The van der Waals surface area contributed by atoms with E-state index in [1.54, 1.807) is 29.9 Å². The van der Waals surface area contributed by atoms with Crippen molar-refractivity contribution in [3.8, 4) is 17.2 Å². The molecule has 2 heterocycles. The first-order valence-corrected chi connectivity index (χ1v) is 10.7. The van der Waals surface area contributed by atoms with Gasteiger partial charge in [-0.15, -0.1) is 0 Å². The van der Waals surface area contributed by atoms with Crippen molar-refractivity contribution in [3.05, 3.63) is 65.4 Å². The molecule has 1 aliphatic heterocycles. The van der Waals surface area contributed by atoms with E-state index in [0.717, 1.165) is 16.9 Å². The van der Waals surface area contributed by atoms with Gasteiger partial charge in [0.15, 0.2) is 11.5 Å². The van der Waals surface area contributed by atoms with Crippen LogP contribution < -0.4 is 14.8 Å². The summed E-state index contributed by atoms with van der Waals surface area (Å²) in [5, 5.41) is 7.69. The smallest absolute Gasteiger partial charge is 0.254 e. The minimum Gasteiger partial charge on any atom is -0.454 e. The molecule has 0 unspecified atom stereocenters. The highest BCUT2D eigenvalue weighted by Gasteiger charge is 2.24. The second-order valence-corrected chi connectivity index (χ2v) is 9.14. The molecule has 0 radical (unpaired) electrons. The van der Waals surface area contributed by atoms with E-state index in [9.17, 15) is 9.59 Å². The Bertz CT molecular complexity index is 1210. The Morgan fingerprint density at radius 2 is 1.82 bits per heavy atom. The molecule has 0 bridgehead atoms. The number of hydrogen-bond acceptors (Lipinski definition) is 5. The Morgan fingerprint density at radius 1 is 1.09 bits per heavy atom. The Labute approximate surface area is 193 Å². The van der Waals surface area contributed by atoms with Crippen molar-refractivity contribution in [2.24, 2.45) is 0 Å². The fourth-order valence-corrected chi connectivity index (χ4v) is 3.54. The largest absolute Gasteiger partial charge is 0.454 e. The monoisotopic (exact) mass is 448 g/mol. The van der Waals surface area contributed by atoms with Crippen LogP contribution in [0.5, 0.6) is 11.5 Å². The summed E-state index contributed by atoms with van der Waals surface area (Å²) in [5.41, 5.74) is 3.00. The average Bonchev–Trinajstić information content (AvgIpc) is 3.39. The van der Waals surface area contributed by atoms with Gasteiger partial charge in [-0.2, -0.15) is 5.10 Å². The van der Waals surface area contributed by atoms with Gasteiger partial charge in [0.05, 0.1) is 17.9 Å². The number of aryl methyl sites for hydroxylation is 1. The summed E-state index contributed by atoms with van der Waals surface area (Å²) in [5.74, 6) is 1.08. The van der Waals surface area contributed by atoms with Crippen molar-refractivity contribution in [3.63, 3.8) is 0 Å². The van der Waals surface area contributed by atoms with Crippen LogP contribution in [0.1, 0.15) is 42.4 Å². The van der Waals surface area contributed by atoms with Crippen LogP contribution in [-0.4, -0.2) is 46.9 Å². The first kappa shape index (κ1) is 22.4. The molecule has 33 heavy (non-hydrogen) atoms. The number of benzene rings is 2. The van der Waals surface area contributed by atoms with E-state index in [-0.39, 0.29) is 30.6 Å². The van der Waals surface area contributed by atoms with Gasteiger partial charge < -0.3 is 19.7 Å². The van der Waals surface area contributed by atoms with Crippen LogP contribution in [0.3, 0.4) is 0 Å². The van der Waals surface area contributed by atoms with Crippen molar-refractivity contribution >= 4 is 17.6 Å². The Hall–Kier alpha value is -3.81. The molecule has 172 valence electrons. The molecule has 0 atom stereocenters. The molecule has 0 aliphatic carbocycles. The van der Waals surface area contributed by atoms with E-state index >= 15 is 0 Å². The normalized spacial score (nSPS) is 12.5. The predicted octanol–water partition coefficient (Wildman–Crippen LogP) is 3.92. The van der Waals surface area contributed by atoms with Crippen LogP contribution in [0.15, 0.2) is 48.5 Å². The molecular weight excluding hydrogens is 420 g/mol. The SMILES string of the molecule is Cc1ccccc1-n1nc(C(C)(C)C)cc1NC(=O)CN(C)C(=O)c1ccc2c(c1)OCO2. The Morgan fingerprint density at radius 3 is 2.55 bits per heavy atom. The quantitative estimate of drug-likeness (QED) is 0.640. The molecule has 8 nitrogen and oxygen atoms in total. The average molecular weight is 449 g/mol. The van der Waals surface area contributed by atoms with E-state index in [4.69, 9.17) is 14.6 Å². The fraction of sp³-hybridized carbons (Fsp3) is 0.320. The van der Waals surface area contributed by atoms with Gasteiger partial charge in [-0.3, -0.25) is 9.59 Å². The van der Waals surface area contributed by atoms with Gasteiger partial charge in [0, 0.05) is 24.1 Å². The lowest BCUT2D eigenvalue weighted by atomic mass is 9.92. The maximum Gasteiger partial charge on any atom is 0.254 e. The highest BCUT2D eigenvalue weighted by Crippen LogP contribution is 2.33. The third-order valence-corrected chi connectivity index (χ3v) is 5.44. The molecule has 0 spiro atoms. The van der Waals surface area contributed by atoms with Crippen molar-refractivity contribution in [2.75, 3.05) is 25.7 Å². The number of nitrogens with one attached hydrogen (secondary N) is 1. The second kappa shape index (κ2) is 8.61. The van der Waals surface area contributed by atoms with Crippen LogP contribution in [0, 0.1) is 6.92 Å². The zero-order valence-corrected chi connectivity index (χ0v) is 19.5. The standard InChI is InChI=1S/C25H28N4O4/c1-16-8-6-7-9-18(16)29-22(13-21(27-29)25(2,3)4)26-23(30)14-28(5)24(31)17-10-11-19-20(12-17)33-15-32-19/h6-13H,14-15H2,1-5H3,(H,26,30). The minimum absolute atomic E-state index is 0.114. The minimum atomic E-state index is -0.318. The molecule has 1 aliphatic rings. The van der Waals surface area contributed by atoms with Crippen molar-refractivity contribution in [1.82, 2.24) is 14.7 Å². The number of para-hydroxylation sites is 1. The number of carbonyl (C=O) groups is 2. The Kier molecular flexibility index (Phi) is 5.84. The summed E-state index contributed by atoms with van der Waals surface area (Å²) in [6.07, 6.45) is 0. The summed E-state index contributed by atoms with van der Waals surface area (Å²) in [6.45, 7) is 8.23. The summed E-state index contributed by atoms with van der Waals surface area (Å²) >= 11 is 0. The topological polar surface area (TPSA) is 85.7 Å². The van der Waals surface area contributed by atoms with E-state index in [0.29, 0.717) is 22.9 Å². The van der Waals surface area contributed by atoms with Gasteiger partial charge in [0.2, 0.25) is 12.7 Å². The fourth-order valence-electron chi connectivity index (χ4n) is 3.54. The predicted molar refractivity (Wildman–Crippen MR) is 125 cm³/mol. The molecule has 3 aromatic rings. The van der Waals surface area contributed by atoms with Crippen LogP contribution >= 0.6 is 0 Å². The zero-order valence-electron chi connectivity index (χ0n) is 19.5. The first-order valence-electron chi connectivity index (χ1n) is 10.7. The third-order valence-electron chi connectivity index (χ3n) is 5.44. The van der Waals surface area contributed by atoms with Crippen LogP contribution in [0.2, 0.25) is 0 Å². The lowest BCUT2D eigenvalue weighted by Crippen LogP contribution is -2.35. The highest BCUT2D eigenvalue weighted by molar-refractivity contribution is 5.99.